The summed E-state index contributed by atoms with van der Waals surface area (Å²) in [5.74, 6) is 0.853. The lowest BCUT2D eigenvalue weighted by Crippen LogP contribution is -2.47. The molecule has 2 aliphatic carbocycles. The van der Waals surface area contributed by atoms with Crippen LogP contribution in [-0.4, -0.2) is 41.1 Å². The molecule has 0 spiro atoms. The van der Waals surface area contributed by atoms with Crippen LogP contribution < -0.4 is 5.73 Å². The number of aliphatic hydroxyl groups excluding tert-OH is 1. The molecule has 3 N–H and O–H groups in total. The lowest BCUT2D eigenvalue weighted by atomic mass is 9.79. The number of hydrogen-bond donors (Lipinski definition) is 2. The predicted octanol–water partition coefficient (Wildman–Crippen LogP) is 1.51. The molecule has 3 atom stereocenters. The third-order valence-electron chi connectivity index (χ3n) is 4.72. The van der Waals surface area contributed by atoms with Gasteiger partial charge in [-0.1, -0.05) is 19.8 Å². The van der Waals surface area contributed by atoms with E-state index in [1.165, 1.54) is 12.8 Å². The second kappa shape index (κ2) is 6.71. The van der Waals surface area contributed by atoms with E-state index in [2.05, 4.69) is 6.92 Å². The molecular formula is C15H28N2O2. The number of carbonyl (C=O) groups is 1. The first kappa shape index (κ1) is 14.8. The van der Waals surface area contributed by atoms with Gasteiger partial charge in [0.25, 0.3) is 0 Å². The molecule has 4 heteroatoms. The molecular weight excluding hydrogens is 240 g/mol. The van der Waals surface area contributed by atoms with Gasteiger partial charge in [-0.05, 0) is 38.0 Å². The van der Waals surface area contributed by atoms with E-state index in [0.717, 1.165) is 32.1 Å². The number of nitrogens with two attached hydrogens (primary N) is 1. The number of nitrogens with zero attached hydrogens (tertiary/aromatic N) is 1. The van der Waals surface area contributed by atoms with Crippen molar-refractivity contribution in [2.24, 2.45) is 17.6 Å². The fourth-order valence-electron chi connectivity index (χ4n) is 3.89. The average Bonchev–Trinajstić information content (AvgIpc) is 2.87. The lowest BCUT2D eigenvalue weighted by molar-refractivity contribution is -0.140. The van der Waals surface area contributed by atoms with Crippen LogP contribution in [0.15, 0.2) is 0 Å². The highest BCUT2D eigenvalue weighted by atomic mass is 16.3. The average molecular weight is 268 g/mol. The Morgan fingerprint density at radius 1 is 1.26 bits per heavy atom. The van der Waals surface area contributed by atoms with Crippen LogP contribution in [0, 0.1) is 11.8 Å². The monoisotopic (exact) mass is 268 g/mol. The minimum atomic E-state index is 0.0660. The number of amides is 1. The molecule has 2 fully saturated rings. The Labute approximate surface area is 116 Å². The molecule has 110 valence electrons. The molecule has 1 amide bonds. The normalized spacial score (nSPS) is 32.5. The highest BCUT2D eigenvalue weighted by Crippen LogP contribution is 2.32. The topological polar surface area (TPSA) is 66.6 Å². The van der Waals surface area contributed by atoms with Crippen molar-refractivity contribution in [3.63, 3.8) is 0 Å². The number of aliphatic hydroxyl groups is 1. The van der Waals surface area contributed by atoms with Crippen LogP contribution in [0.2, 0.25) is 0 Å². The van der Waals surface area contributed by atoms with Crippen molar-refractivity contribution in [3.8, 4) is 0 Å². The van der Waals surface area contributed by atoms with Crippen LogP contribution in [-0.2, 0) is 4.79 Å². The Hall–Kier alpha value is -0.610. The molecule has 0 heterocycles. The van der Waals surface area contributed by atoms with Crippen LogP contribution >= 0.6 is 0 Å². The first-order valence-corrected chi connectivity index (χ1v) is 7.78. The summed E-state index contributed by atoms with van der Waals surface area (Å²) in [7, 11) is 0. The fraction of sp³-hybridized carbons (Fsp3) is 0.933. The zero-order chi connectivity index (χ0) is 13.8. The van der Waals surface area contributed by atoms with Crippen molar-refractivity contribution < 1.29 is 9.90 Å². The van der Waals surface area contributed by atoms with Gasteiger partial charge in [0, 0.05) is 24.5 Å². The van der Waals surface area contributed by atoms with Crippen LogP contribution in [0.4, 0.5) is 0 Å². The van der Waals surface area contributed by atoms with Crippen LogP contribution in [0.1, 0.15) is 51.9 Å². The van der Waals surface area contributed by atoms with Gasteiger partial charge in [0.15, 0.2) is 0 Å². The van der Waals surface area contributed by atoms with Crippen molar-refractivity contribution >= 4 is 5.91 Å². The molecule has 0 aromatic carbocycles. The number of rotatable bonds is 4. The van der Waals surface area contributed by atoms with Crippen molar-refractivity contribution in [1.29, 1.82) is 0 Å². The molecule has 0 saturated heterocycles. The van der Waals surface area contributed by atoms with Crippen LogP contribution in [0.5, 0.6) is 0 Å². The second-order valence-electron chi connectivity index (χ2n) is 6.46. The smallest absolute Gasteiger partial charge is 0.226 e. The maximum Gasteiger partial charge on any atom is 0.226 e. The van der Waals surface area contributed by atoms with Gasteiger partial charge < -0.3 is 15.7 Å². The lowest BCUT2D eigenvalue weighted by Gasteiger charge is -2.36. The SMILES string of the molecule is CC1CC(N)CC(C(=O)N(CCO)C2CCCC2)C1. The van der Waals surface area contributed by atoms with Gasteiger partial charge in [0.05, 0.1) is 6.61 Å². The van der Waals surface area contributed by atoms with E-state index in [9.17, 15) is 9.90 Å². The molecule has 2 aliphatic rings. The first-order chi connectivity index (χ1) is 9.11. The first-order valence-electron chi connectivity index (χ1n) is 7.78. The van der Waals surface area contributed by atoms with E-state index in [1.54, 1.807) is 0 Å². The van der Waals surface area contributed by atoms with Crippen molar-refractivity contribution in [3.05, 3.63) is 0 Å². The number of hydrogen-bond acceptors (Lipinski definition) is 3. The molecule has 0 aliphatic heterocycles. The van der Waals surface area contributed by atoms with Gasteiger partial charge in [0.2, 0.25) is 5.91 Å². The summed E-state index contributed by atoms with van der Waals surface area (Å²) in [6.45, 7) is 2.74. The minimum absolute atomic E-state index is 0.0660. The zero-order valence-corrected chi connectivity index (χ0v) is 12.1. The van der Waals surface area contributed by atoms with E-state index in [4.69, 9.17) is 5.73 Å². The van der Waals surface area contributed by atoms with Gasteiger partial charge in [-0.3, -0.25) is 4.79 Å². The number of carbonyl (C=O) groups excluding carboxylic acids is 1. The van der Waals surface area contributed by atoms with Crippen LogP contribution in [0.25, 0.3) is 0 Å². The van der Waals surface area contributed by atoms with E-state index in [-0.39, 0.29) is 24.5 Å². The van der Waals surface area contributed by atoms with E-state index >= 15 is 0 Å². The summed E-state index contributed by atoms with van der Waals surface area (Å²) in [6.07, 6.45) is 7.42. The summed E-state index contributed by atoms with van der Waals surface area (Å²) in [4.78, 5) is 14.7. The minimum Gasteiger partial charge on any atom is -0.395 e. The summed E-state index contributed by atoms with van der Waals surface area (Å²) < 4.78 is 0. The summed E-state index contributed by atoms with van der Waals surface area (Å²) in [5, 5.41) is 9.23. The quantitative estimate of drug-likeness (QED) is 0.812. The van der Waals surface area contributed by atoms with Gasteiger partial charge in [-0.25, -0.2) is 0 Å². The molecule has 4 nitrogen and oxygen atoms in total. The highest BCUT2D eigenvalue weighted by Gasteiger charge is 2.35. The van der Waals surface area contributed by atoms with Gasteiger partial charge in [0.1, 0.15) is 0 Å². The molecule has 3 unspecified atom stereocenters. The predicted molar refractivity (Wildman–Crippen MR) is 75.5 cm³/mol. The third-order valence-corrected chi connectivity index (χ3v) is 4.72. The van der Waals surface area contributed by atoms with Gasteiger partial charge >= 0.3 is 0 Å². The molecule has 0 radical (unpaired) electrons. The van der Waals surface area contributed by atoms with E-state index in [0.29, 0.717) is 18.5 Å². The van der Waals surface area contributed by atoms with Crippen molar-refractivity contribution in [2.45, 2.75) is 64.0 Å². The Kier molecular flexibility index (Phi) is 5.22. The molecule has 0 aromatic rings. The maximum atomic E-state index is 12.7. The van der Waals surface area contributed by atoms with E-state index in [1.807, 2.05) is 4.90 Å². The molecule has 0 bridgehead atoms. The Balaban J connectivity index is 2.01. The summed E-state index contributed by atoms with van der Waals surface area (Å²) in [5.41, 5.74) is 6.06. The largest absolute Gasteiger partial charge is 0.395 e. The molecule has 0 aromatic heterocycles. The Morgan fingerprint density at radius 2 is 1.95 bits per heavy atom. The zero-order valence-electron chi connectivity index (χ0n) is 12.1. The molecule has 2 rings (SSSR count). The molecule has 19 heavy (non-hydrogen) atoms. The maximum absolute atomic E-state index is 12.7. The highest BCUT2D eigenvalue weighted by molar-refractivity contribution is 5.79. The van der Waals surface area contributed by atoms with Crippen molar-refractivity contribution in [2.75, 3.05) is 13.2 Å². The van der Waals surface area contributed by atoms with E-state index < -0.39 is 0 Å². The van der Waals surface area contributed by atoms with Crippen LogP contribution in [0.3, 0.4) is 0 Å². The standard InChI is InChI=1S/C15H28N2O2/c1-11-8-12(10-13(16)9-11)15(19)17(6-7-18)14-4-2-3-5-14/h11-14,18H,2-10,16H2,1H3. The van der Waals surface area contributed by atoms with Gasteiger partial charge in [-0.2, -0.15) is 0 Å². The van der Waals surface area contributed by atoms with Crippen molar-refractivity contribution in [1.82, 2.24) is 4.90 Å². The van der Waals surface area contributed by atoms with Gasteiger partial charge in [-0.15, -0.1) is 0 Å². The summed E-state index contributed by atoms with van der Waals surface area (Å²) in [6, 6.07) is 0.519. The molecule has 2 saturated carbocycles. The fourth-order valence-corrected chi connectivity index (χ4v) is 3.89. The third kappa shape index (κ3) is 3.69. The summed E-state index contributed by atoms with van der Waals surface area (Å²) >= 11 is 0. The second-order valence-corrected chi connectivity index (χ2v) is 6.46. The Morgan fingerprint density at radius 3 is 2.53 bits per heavy atom. The Bertz CT molecular complexity index is 293.